The van der Waals surface area contributed by atoms with Gasteiger partial charge in [-0.15, -0.1) is 0 Å². The van der Waals surface area contributed by atoms with Crippen molar-refractivity contribution in [3.8, 4) is 0 Å². The highest BCUT2D eigenvalue weighted by atomic mass is 32.2. The van der Waals surface area contributed by atoms with Gasteiger partial charge in [-0.1, -0.05) is 25.1 Å². The Morgan fingerprint density at radius 1 is 0.955 bits per heavy atom. The van der Waals surface area contributed by atoms with Crippen molar-refractivity contribution in [1.82, 2.24) is 4.31 Å². The summed E-state index contributed by atoms with van der Waals surface area (Å²) in [5.41, 5.74) is 3.74. The third-order valence-corrected chi connectivity index (χ3v) is 4.74. The first-order valence-electron chi connectivity index (χ1n) is 7.07. The molecule has 2 rings (SSSR count). The second-order valence-corrected chi connectivity index (χ2v) is 6.99. The summed E-state index contributed by atoms with van der Waals surface area (Å²) in [4.78, 5) is 0. The van der Waals surface area contributed by atoms with Gasteiger partial charge in [0.05, 0.1) is 0 Å². The van der Waals surface area contributed by atoms with Crippen LogP contribution in [0.4, 0.5) is 17.1 Å². The number of hydrogen-bond acceptors (Lipinski definition) is 3. The SMILES string of the molecule is CCc1ccccc1Nc1ccc(NS(=O)(=O)N(C)C)cc1. The first kappa shape index (κ1) is 16.3. The maximum Gasteiger partial charge on any atom is 0.301 e. The molecule has 22 heavy (non-hydrogen) atoms. The molecule has 0 spiro atoms. The summed E-state index contributed by atoms with van der Waals surface area (Å²) in [7, 11) is -0.499. The molecule has 0 aliphatic carbocycles. The van der Waals surface area contributed by atoms with Crippen molar-refractivity contribution in [3.63, 3.8) is 0 Å². The lowest BCUT2D eigenvalue weighted by molar-refractivity contribution is 0.527. The molecule has 0 saturated carbocycles. The van der Waals surface area contributed by atoms with E-state index in [0.717, 1.165) is 22.1 Å². The topological polar surface area (TPSA) is 61.4 Å². The van der Waals surface area contributed by atoms with Gasteiger partial charge < -0.3 is 5.32 Å². The molecule has 0 atom stereocenters. The number of hydrogen-bond donors (Lipinski definition) is 2. The van der Waals surface area contributed by atoms with E-state index in [0.29, 0.717) is 5.69 Å². The average Bonchev–Trinajstić information content (AvgIpc) is 2.49. The summed E-state index contributed by atoms with van der Waals surface area (Å²) in [6.45, 7) is 2.11. The molecule has 0 aliphatic rings. The van der Waals surface area contributed by atoms with E-state index in [1.807, 2.05) is 30.3 Å². The summed E-state index contributed by atoms with van der Waals surface area (Å²) in [5.74, 6) is 0. The van der Waals surface area contributed by atoms with E-state index in [-0.39, 0.29) is 0 Å². The Morgan fingerprint density at radius 3 is 2.14 bits per heavy atom. The summed E-state index contributed by atoms with van der Waals surface area (Å²) in [6.07, 6.45) is 0.948. The van der Waals surface area contributed by atoms with Crippen LogP contribution in [0.15, 0.2) is 48.5 Å². The number of benzene rings is 2. The maximum atomic E-state index is 11.8. The zero-order valence-corrected chi connectivity index (χ0v) is 13.8. The Morgan fingerprint density at radius 2 is 1.55 bits per heavy atom. The molecular weight excluding hydrogens is 298 g/mol. The smallest absolute Gasteiger partial charge is 0.301 e. The minimum atomic E-state index is -3.47. The van der Waals surface area contributed by atoms with Crippen LogP contribution in [0.25, 0.3) is 0 Å². The number of para-hydroxylation sites is 1. The van der Waals surface area contributed by atoms with Gasteiger partial charge in [-0.05, 0) is 42.3 Å². The standard InChI is InChI=1S/C16H21N3O2S/c1-4-13-7-5-6-8-16(13)17-14-9-11-15(12-10-14)18-22(20,21)19(2)3/h5-12,17-18H,4H2,1-3H3. The summed E-state index contributed by atoms with van der Waals surface area (Å²) >= 11 is 0. The minimum absolute atomic E-state index is 0.531. The summed E-state index contributed by atoms with van der Waals surface area (Å²) in [5, 5.41) is 3.35. The van der Waals surface area contributed by atoms with Crippen molar-refractivity contribution >= 4 is 27.3 Å². The Bertz CT molecular complexity index is 725. The monoisotopic (exact) mass is 319 g/mol. The lowest BCUT2D eigenvalue weighted by Gasteiger charge is -2.14. The third-order valence-electron chi connectivity index (χ3n) is 3.29. The van der Waals surface area contributed by atoms with Gasteiger partial charge in [0.25, 0.3) is 0 Å². The molecule has 2 aromatic rings. The molecule has 2 aromatic carbocycles. The molecule has 0 fully saturated rings. The number of anilines is 3. The first-order valence-corrected chi connectivity index (χ1v) is 8.51. The molecule has 0 aromatic heterocycles. The van der Waals surface area contributed by atoms with Crippen LogP contribution in [-0.2, 0) is 16.6 Å². The molecule has 2 N–H and O–H groups in total. The van der Waals surface area contributed by atoms with Crippen LogP contribution in [0.2, 0.25) is 0 Å². The Kier molecular flexibility index (Phi) is 5.05. The van der Waals surface area contributed by atoms with Crippen molar-refractivity contribution in [3.05, 3.63) is 54.1 Å². The molecule has 0 unspecified atom stereocenters. The Labute approximate surface area is 132 Å². The Hall–Kier alpha value is -2.05. The van der Waals surface area contributed by atoms with Gasteiger partial charge in [0, 0.05) is 31.2 Å². The highest BCUT2D eigenvalue weighted by Gasteiger charge is 2.12. The van der Waals surface area contributed by atoms with E-state index in [4.69, 9.17) is 0 Å². The largest absolute Gasteiger partial charge is 0.355 e. The zero-order valence-electron chi connectivity index (χ0n) is 13.0. The van der Waals surface area contributed by atoms with Gasteiger partial charge in [-0.25, -0.2) is 0 Å². The molecule has 0 radical (unpaired) electrons. The summed E-state index contributed by atoms with van der Waals surface area (Å²) < 4.78 is 27.2. The molecule has 0 aliphatic heterocycles. The van der Waals surface area contributed by atoms with Gasteiger partial charge >= 0.3 is 10.2 Å². The van der Waals surface area contributed by atoms with Crippen LogP contribution < -0.4 is 10.0 Å². The second kappa shape index (κ2) is 6.81. The lowest BCUT2D eigenvalue weighted by Crippen LogP contribution is -2.28. The van der Waals surface area contributed by atoms with Crippen molar-refractivity contribution < 1.29 is 8.42 Å². The van der Waals surface area contributed by atoms with E-state index in [2.05, 4.69) is 23.0 Å². The van der Waals surface area contributed by atoms with E-state index in [1.165, 1.54) is 19.7 Å². The Balaban J connectivity index is 2.13. The number of nitrogens with one attached hydrogen (secondary N) is 2. The van der Waals surface area contributed by atoms with E-state index >= 15 is 0 Å². The molecule has 6 heteroatoms. The van der Waals surface area contributed by atoms with Crippen LogP contribution >= 0.6 is 0 Å². The fraction of sp³-hybridized carbons (Fsp3) is 0.250. The fourth-order valence-electron chi connectivity index (χ4n) is 1.97. The predicted molar refractivity (Wildman–Crippen MR) is 91.8 cm³/mol. The first-order chi connectivity index (χ1) is 10.4. The lowest BCUT2D eigenvalue weighted by atomic mass is 10.1. The van der Waals surface area contributed by atoms with E-state index < -0.39 is 10.2 Å². The van der Waals surface area contributed by atoms with Crippen molar-refractivity contribution in [2.24, 2.45) is 0 Å². The normalized spacial score (nSPS) is 11.5. The maximum absolute atomic E-state index is 11.8. The average molecular weight is 319 g/mol. The minimum Gasteiger partial charge on any atom is -0.355 e. The molecule has 0 bridgehead atoms. The quantitative estimate of drug-likeness (QED) is 0.859. The fourth-order valence-corrected chi connectivity index (χ4v) is 2.58. The molecule has 0 saturated heterocycles. The zero-order chi connectivity index (χ0) is 16.2. The predicted octanol–water partition coefficient (Wildman–Crippen LogP) is 3.21. The van der Waals surface area contributed by atoms with Crippen LogP contribution in [-0.4, -0.2) is 26.8 Å². The highest BCUT2D eigenvalue weighted by Crippen LogP contribution is 2.23. The molecular formula is C16H21N3O2S. The van der Waals surface area contributed by atoms with Gasteiger partial charge in [-0.3, -0.25) is 4.72 Å². The van der Waals surface area contributed by atoms with Gasteiger partial charge in [0.2, 0.25) is 0 Å². The van der Waals surface area contributed by atoms with Gasteiger partial charge in [0.15, 0.2) is 0 Å². The van der Waals surface area contributed by atoms with Crippen molar-refractivity contribution in [2.75, 3.05) is 24.1 Å². The van der Waals surface area contributed by atoms with E-state index in [1.54, 1.807) is 12.1 Å². The molecule has 118 valence electrons. The molecule has 0 amide bonds. The van der Waals surface area contributed by atoms with Gasteiger partial charge in [-0.2, -0.15) is 12.7 Å². The van der Waals surface area contributed by atoms with Crippen LogP contribution in [0.3, 0.4) is 0 Å². The van der Waals surface area contributed by atoms with Crippen molar-refractivity contribution in [1.29, 1.82) is 0 Å². The number of rotatable bonds is 6. The van der Waals surface area contributed by atoms with Crippen molar-refractivity contribution in [2.45, 2.75) is 13.3 Å². The number of nitrogens with zero attached hydrogens (tertiary/aromatic N) is 1. The van der Waals surface area contributed by atoms with Crippen LogP contribution in [0.5, 0.6) is 0 Å². The third kappa shape index (κ3) is 3.99. The van der Waals surface area contributed by atoms with Gasteiger partial charge in [0.1, 0.15) is 0 Å². The van der Waals surface area contributed by atoms with Crippen LogP contribution in [0, 0.1) is 0 Å². The van der Waals surface area contributed by atoms with E-state index in [9.17, 15) is 8.42 Å². The number of aryl methyl sites for hydroxylation is 1. The second-order valence-electron chi connectivity index (χ2n) is 5.10. The van der Waals surface area contributed by atoms with Crippen LogP contribution in [0.1, 0.15) is 12.5 Å². The molecule has 5 nitrogen and oxygen atoms in total. The summed E-state index contributed by atoms with van der Waals surface area (Å²) in [6, 6.07) is 15.3. The highest BCUT2D eigenvalue weighted by molar-refractivity contribution is 7.90. The molecule has 0 heterocycles.